The first-order chi connectivity index (χ1) is 12.8. The molecule has 0 aromatic rings. The third kappa shape index (κ3) is 7.07. The fourth-order valence-corrected chi connectivity index (χ4v) is 4.33. The lowest BCUT2D eigenvalue weighted by molar-refractivity contribution is 0.0264. The molecular formula is C21H40N4O. The summed E-state index contributed by atoms with van der Waals surface area (Å²) in [4.78, 5) is 7.07. The van der Waals surface area contributed by atoms with E-state index >= 15 is 0 Å². The molecule has 0 amide bonds. The van der Waals surface area contributed by atoms with Gasteiger partial charge in [-0.25, -0.2) is 0 Å². The average Bonchev–Trinajstić information content (AvgIpc) is 3.53. The average molecular weight is 365 g/mol. The third-order valence-corrected chi connectivity index (χ3v) is 6.18. The maximum absolute atomic E-state index is 6.00. The topological polar surface area (TPSA) is 48.9 Å². The van der Waals surface area contributed by atoms with Crippen LogP contribution in [0.2, 0.25) is 0 Å². The van der Waals surface area contributed by atoms with Crippen LogP contribution in [0.15, 0.2) is 4.99 Å². The Bertz CT molecular complexity index is 410. The maximum Gasteiger partial charge on any atom is 0.191 e. The van der Waals surface area contributed by atoms with Gasteiger partial charge in [-0.15, -0.1) is 0 Å². The number of hydrogen-bond acceptors (Lipinski definition) is 3. The molecule has 0 aromatic heterocycles. The van der Waals surface area contributed by atoms with Gasteiger partial charge in [0.25, 0.3) is 0 Å². The van der Waals surface area contributed by atoms with E-state index in [-0.39, 0.29) is 0 Å². The van der Waals surface area contributed by atoms with Crippen LogP contribution in [0.4, 0.5) is 0 Å². The summed E-state index contributed by atoms with van der Waals surface area (Å²) in [6.45, 7) is 4.45. The van der Waals surface area contributed by atoms with Crippen LogP contribution in [0.25, 0.3) is 0 Å². The largest absolute Gasteiger partial charge is 0.378 e. The van der Waals surface area contributed by atoms with Crippen molar-refractivity contribution in [2.45, 2.75) is 95.2 Å². The number of rotatable bonds is 9. The predicted molar refractivity (Wildman–Crippen MR) is 109 cm³/mol. The Morgan fingerprint density at radius 2 is 1.73 bits per heavy atom. The molecule has 2 saturated carbocycles. The maximum atomic E-state index is 6.00. The summed E-state index contributed by atoms with van der Waals surface area (Å²) in [5, 5.41) is 7.11. The first kappa shape index (κ1) is 19.9. The minimum Gasteiger partial charge on any atom is -0.378 e. The quantitative estimate of drug-likeness (QED) is 0.374. The zero-order chi connectivity index (χ0) is 18.0. The van der Waals surface area contributed by atoms with Crippen LogP contribution in [0.5, 0.6) is 0 Å². The van der Waals surface area contributed by atoms with E-state index in [9.17, 15) is 0 Å². The molecule has 3 aliphatic rings. The SMILES string of the molecule is CN=C(NCCCCCOC1CCCCC1)NC1CCN(C2CC2)CC1. The normalized spacial score (nSPS) is 24.0. The molecule has 0 radical (unpaired) electrons. The van der Waals surface area contributed by atoms with Crippen LogP contribution >= 0.6 is 0 Å². The molecule has 1 saturated heterocycles. The predicted octanol–water partition coefficient (Wildman–Crippen LogP) is 3.30. The van der Waals surface area contributed by atoms with E-state index in [1.54, 1.807) is 0 Å². The van der Waals surface area contributed by atoms with E-state index in [2.05, 4.69) is 20.5 Å². The summed E-state index contributed by atoms with van der Waals surface area (Å²) in [5.74, 6) is 0.980. The molecule has 3 rings (SSSR count). The molecule has 1 aliphatic heterocycles. The van der Waals surface area contributed by atoms with Gasteiger partial charge in [-0.1, -0.05) is 19.3 Å². The van der Waals surface area contributed by atoms with Crippen molar-refractivity contribution in [3.63, 3.8) is 0 Å². The highest BCUT2D eigenvalue weighted by atomic mass is 16.5. The van der Waals surface area contributed by atoms with Gasteiger partial charge < -0.3 is 20.3 Å². The molecule has 0 aromatic carbocycles. The second-order valence-corrected chi connectivity index (χ2v) is 8.38. The molecular weight excluding hydrogens is 324 g/mol. The van der Waals surface area contributed by atoms with Gasteiger partial charge in [0.15, 0.2) is 5.96 Å². The number of ether oxygens (including phenoxy) is 1. The standard InChI is InChI=1S/C21H40N4O/c1-22-21(24-18-12-15-25(16-13-18)19-10-11-19)23-14-6-3-7-17-26-20-8-4-2-5-9-20/h18-20H,2-17H2,1H3,(H2,22,23,24). The van der Waals surface area contributed by atoms with Gasteiger partial charge in [-0.05, 0) is 57.8 Å². The number of nitrogens with zero attached hydrogens (tertiary/aromatic N) is 2. The Kier molecular flexibility index (Phi) is 8.53. The van der Waals surface area contributed by atoms with Gasteiger partial charge >= 0.3 is 0 Å². The van der Waals surface area contributed by atoms with Crippen LogP contribution in [0, 0.1) is 0 Å². The Balaban J connectivity index is 1.17. The first-order valence-corrected chi connectivity index (χ1v) is 11.2. The molecule has 26 heavy (non-hydrogen) atoms. The zero-order valence-electron chi connectivity index (χ0n) is 16.8. The second-order valence-electron chi connectivity index (χ2n) is 8.38. The van der Waals surface area contributed by atoms with Gasteiger partial charge in [0.2, 0.25) is 0 Å². The van der Waals surface area contributed by atoms with Gasteiger partial charge in [0.05, 0.1) is 6.10 Å². The Morgan fingerprint density at radius 1 is 0.962 bits per heavy atom. The zero-order valence-corrected chi connectivity index (χ0v) is 16.8. The van der Waals surface area contributed by atoms with Crippen LogP contribution in [-0.4, -0.2) is 62.3 Å². The highest BCUT2D eigenvalue weighted by Gasteiger charge is 2.31. The number of hydrogen-bond donors (Lipinski definition) is 2. The van der Waals surface area contributed by atoms with E-state index in [0.29, 0.717) is 12.1 Å². The van der Waals surface area contributed by atoms with Gasteiger partial charge in [-0.2, -0.15) is 0 Å². The number of guanidine groups is 1. The monoisotopic (exact) mass is 364 g/mol. The van der Waals surface area contributed by atoms with Crippen LogP contribution in [-0.2, 0) is 4.74 Å². The first-order valence-electron chi connectivity index (χ1n) is 11.2. The molecule has 0 atom stereocenters. The molecule has 0 unspecified atom stereocenters. The molecule has 5 heteroatoms. The van der Waals surface area contributed by atoms with E-state index in [1.165, 1.54) is 90.1 Å². The number of nitrogens with one attached hydrogen (secondary N) is 2. The van der Waals surface area contributed by atoms with E-state index in [4.69, 9.17) is 4.74 Å². The molecule has 0 spiro atoms. The van der Waals surface area contributed by atoms with Crippen molar-refractivity contribution >= 4 is 5.96 Å². The fourth-order valence-electron chi connectivity index (χ4n) is 4.33. The summed E-state index contributed by atoms with van der Waals surface area (Å²) < 4.78 is 6.00. The van der Waals surface area contributed by atoms with Gasteiger partial charge in [0, 0.05) is 45.4 Å². The van der Waals surface area contributed by atoms with Crippen molar-refractivity contribution in [2.75, 3.05) is 33.3 Å². The van der Waals surface area contributed by atoms with E-state index < -0.39 is 0 Å². The molecule has 2 aliphatic carbocycles. The van der Waals surface area contributed by atoms with E-state index in [0.717, 1.165) is 25.2 Å². The fraction of sp³-hybridized carbons (Fsp3) is 0.952. The number of unbranched alkanes of at least 4 members (excludes halogenated alkanes) is 2. The van der Waals surface area contributed by atoms with Crippen molar-refractivity contribution in [3.05, 3.63) is 0 Å². The summed E-state index contributed by atoms with van der Waals surface area (Å²) in [7, 11) is 1.88. The van der Waals surface area contributed by atoms with Crippen molar-refractivity contribution in [1.82, 2.24) is 15.5 Å². The molecule has 1 heterocycles. The summed E-state index contributed by atoms with van der Waals surface area (Å²) in [5.41, 5.74) is 0. The molecule has 2 N–H and O–H groups in total. The van der Waals surface area contributed by atoms with Gasteiger partial charge in [0.1, 0.15) is 0 Å². The van der Waals surface area contributed by atoms with Crippen molar-refractivity contribution in [2.24, 2.45) is 4.99 Å². The third-order valence-electron chi connectivity index (χ3n) is 6.18. The van der Waals surface area contributed by atoms with Gasteiger partial charge in [-0.3, -0.25) is 4.99 Å². The van der Waals surface area contributed by atoms with Crippen molar-refractivity contribution < 1.29 is 4.74 Å². The van der Waals surface area contributed by atoms with E-state index in [1.807, 2.05) is 7.05 Å². The number of likely N-dealkylation sites (tertiary alicyclic amines) is 1. The smallest absolute Gasteiger partial charge is 0.191 e. The molecule has 150 valence electrons. The second kappa shape index (κ2) is 11.1. The highest BCUT2D eigenvalue weighted by molar-refractivity contribution is 5.79. The number of aliphatic imine (C=N–C) groups is 1. The van der Waals surface area contributed by atoms with Crippen molar-refractivity contribution in [3.8, 4) is 0 Å². The Morgan fingerprint density at radius 3 is 2.42 bits per heavy atom. The van der Waals surface area contributed by atoms with Crippen LogP contribution in [0.1, 0.15) is 77.0 Å². The molecule has 0 bridgehead atoms. The Labute approximate surface area is 160 Å². The number of piperidine rings is 1. The molecule has 5 nitrogen and oxygen atoms in total. The lowest BCUT2D eigenvalue weighted by Crippen LogP contribution is -2.49. The lowest BCUT2D eigenvalue weighted by atomic mass is 9.98. The van der Waals surface area contributed by atoms with Crippen LogP contribution < -0.4 is 10.6 Å². The minimum absolute atomic E-state index is 0.552. The summed E-state index contributed by atoms with van der Waals surface area (Å²) in [6, 6.07) is 1.50. The summed E-state index contributed by atoms with van der Waals surface area (Å²) >= 11 is 0. The highest BCUT2D eigenvalue weighted by Crippen LogP contribution is 2.29. The Hall–Kier alpha value is -0.810. The lowest BCUT2D eigenvalue weighted by Gasteiger charge is -2.33. The summed E-state index contributed by atoms with van der Waals surface area (Å²) in [6.07, 6.45) is 16.2. The molecule has 3 fully saturated rings. The van der Waals surface area contributed by atoms with Crippen molar-refractivity contribution in [1.29, 1.82) is 0 Å². The minimum atomic E-state index is 0.552. The van der Waals surface area contributed by atoms with Crippen LogP contribution in [0.3, 0.4) is 0 Å².